The summed E-state index contributed by atoms with van der Waals surface area (Å²) >= 11 is 0. The standard InChI is InChI=1S/C13H19N/c1-9-6-7-12(10(2)8-14)13-5-3-4-11(9)13/h6-7,10H,3-5,8,14H2,1-2H3. The van der Waals surface area contributed by atoms with E-state index < -0.39 is 0 Å². The minimum absolute atomic E-state index is 0.516. The van der Waals surface area contributed by atoms with Crippen LogP contribution in [0, 0.1) is 6.92 Å². The van der Waals surface area contributed by atoms with E-state index in [1.54, 1.807) is 11.1 Å². The Kier molecular flexibility index (Phi) is 2.60. The molecule has 0 spiro atoms. The molecule has 0 saturated carbocycles. The summed E-state index contributed by atoms with van der Waals surface area (Å²) in [6.45, 7) is 5.21. The minimum Gasteiger partial charge on any atom is -0.330 e. The van der Waals surface area contributed by atoms with Gasteiger partial charge in [0.25, 0.3) is 0 Å². The van der Waals surface area contributed by atoms with Crippen molar-refractivity contribution >= 4 is 0 Å². The highest BCUT2D eigenvalue weighted by Gasteiger charge is 2.18. The summed E-state index contributed by atoms with van der Waals surface area (Å²) in [6.07, 6.45) is 3.85. The maximum Gasteiger partial charge on any atom is -0.00108 e. The van der Waals surface area contributed by atoms with Crippen LogP contribution in [0.3, 0.4) is 0 Å². The maximum atomic E-state index is 5.74. The van der Waals surface area contributed by atoms with Crippen molar-refractivity contribution in [3.05, 3.63) is 34.4 Å². The van der Waals surface area contributed by atoms with Crippen molar-refractivity contribution in [3.8, 4) is 0 Å². The molecule has 1 nitrogen and oxygen atoms in total. The lowest BCUT2D eigenvalue weighted by molar-refractivity contribution is 0.761. The van der Waals surface area contributed by atoms with E-state index in [1.165, 1.54) is 30.4 Å². The first-order valence-corrected chi connectivity index (χ1v) is 5.55. The highest BCUT2D eigenvalue weighted by Crippen LogP contribution is 2.31. The lowest BCUT2D eigenvalue weighted by Crippen LogP contribution is -2.11. The number of fused-ring (bicyclic) bond motifs is 1. The predicted molar refractivity (Wildman–Crippen MR) is 60.7 cm³/mol. The second kappa shape index (κ2) is 3.74. The van der Waals surface area contributed by atoms with Gasteiger partial charge in [-0.25, -0.2) is 0 Å². The lowest BCUT2D eigenvalue weighted by atomic mass is 9.91. The molecule has 2 rings (SSSR count). The number of rotatable bonds is 2. The van der Waals surface area contributed by atoms with Gasteiger partial charge in [-0.3, -0.25) is 0 Å². The fraction of sp³-hybridized carbons (Fsp3) is 0.538. The van der Waals surface area contributed by atoms with Gasteiger partial charge in [-0.1, -0.05) is 19.1 Å². The molecule has 2 N–H and O–H groups in total. The molecule has 0 saturated heterocycles. The largest absolute Gasteiger partial charge is 0.330 e. The van der Waals surface area contributed by atoms with Crippen LogP contribution in [0.15, 0.2) is 12.1 Å². The Bertz CT molecular complexity index is 341. The Morgan fingerprint density at radius 2 is 2.00 bits per heavy atom. The van der Waals surface area contributed by atoms with Gasteiger partial charge >= 0.3 is 0 Å². The van der Waals surface area contributed by atoms with E-state index in [0.29, 0.717) is 5.92 Å². The average Bonchev–Trinajstić information content (AvgIpc) is 2.67. The third-order valence-electron chi connectivity index (χ3n) is 3.44. The lowest BCUT2D eigenvalue weighted by Gasteiger charge is -2.15. The minimum atomic E-state index is 0.516. The first kappa shape index (κ1) is 9.72. The fourth-order valence-corrected chi connectivity index (χ4v) is 2.50. The zero-order chi connectivity index (χ0) is 10.1. The van der Waals surface area contributed by atoms with E-state index in [-0.39, 0.29) is 0 Å². The van der Waals surface area contributed by atoms with Crippen LogP contribution in [0.2, 0.25) is 0 Å². The molecule has 0 fully saturated rings. The number of aryl methyl sites for hydroxylation is 1. The van der Waals surface area contributed by atoms with Gasteiger partial charge in [0.2, 0.25) is 0 Å². The predicted octanol–water partition coefficient (Wildman–Crippen LogP) is 2.55. The third kappa shape index (κ3) is 1.46. The molecule has 0 radical (unpaired) electrons. The number of hydrogen-bond acceptors (Lipinski definition) is 1. The second-order valence-electron chi connectivity index (χ2n) is 4.42. The van der Waals surface area contributed by atoms with E-state index in [9.17, 15) is 0 Å². The first-order valence-electron chi connectivity index (χ1n) is 5.55. The summed E-state index contributed by atoms with van der Waals surface area (Å²) < 4.78 is 0. The van der Waals surface area contributed by atoms with Crippen molar-refractivity contribution in [1.29, 1.82) is 0 Å². The first-order chi connectivity index (χ1) is 6.74. The van der Waals surface area contributed by atoms with Crippen LogP contribution in [0.25, 0.3) is 0 Å². The van der Waals surface area contributed by atoms with Crippen molar-refractivity contribution < 1.29 is 0 Å². The molecule has 76 valence electrons. The Hall–Kier alpha value is -0.820. The Morgan fingerprint density at radius 1 is 1.29 bits per heavy atom. The molecule has 0 heterocycles. The maximum absolute atomic E-state index is 5.74. The normalized spacial score (nSPS) is 16.8. The molecule has 0 bridgehead atoms. The van der Waals surface area contributed by atoms with Crippen LogP contribution in [0.5, 0.6) is 0 Å². The number of nitrogens with two attached hydrogens (primary N) is 1. The van der Waals surface area contributed by atoms with Crippen LogP contribution < -0.4 is 5.73 Å². The van der Waals surface area contributed by atoms with Gasteiger partial charge < -0.3 is 5.73 Å². The molecular weight excluding hydrogens is 170 g/mol. The van der Waals surface area contributed by atoms with E-state index in [2.05, 4.69) is 26.0 Å². The highest BCUT2D eigenvalue weighted by molar-refractivity contribution is 5.44. The second-order valence-corrected chi connectivity index (χ2v) is 4.42. The van der Waals surface area contributed by atoms with Gasteiger partial charge in [0.1, 0.15) is 0 Å². The molecule has 1 unspecified atom stereocenters. The summed E-state index contributed by atoms with van der Waals surface area (Å²) in [6, 6.07) is 4.53. The van der Waals surface area contributed by atoms with Gasteiger partial charge in [0.05, 0.1) is 0 Å². The zero-order valence-corrected chi connectivity index (χ0v) is 9.14. The van der Waals surface area contributed by atoms with Crippen molar-refractivity contribution in [1.82, 2.24) is 0 Å². The van der Waals surface area contributed by atoms with E-state index in [1.807, 2.05) is 0 Å². The molecule has 1 aromatic rings. The van der Waals surface area contributed by atoms with Crippen LogP contribution in [0.4, 0.5) is 0 Å². The van der Waals surface area contributed by atoms with Crippen LogP contribution in [-0.2, 0) is 12.8 Å². The number of hydrogen-bond donors (Lipinski definition) is 1. The zero-order valence-electron chi connectivity index (χ0n) is 9.14. The van der Waals surface area contributed by atoms with Crippen molar-refractivity contribution in [2.75, 3.05) is 6.54 Å². The van der Waals surface area contributed by atoms with E-state index in [4.69, 9.17) is 5.73 Å². The van der Waals surface area contributed by atoms with Gasteiger partial charge in [0.15, 0.2) is 0 Å². The SMILES string of the molecule is Cc1ccc(C(C)CN)c2c1CCC2. The monoisotopic (exact) mass is 189 g/mol. The smallest absolute Gasteiger partial charge is 0.00108 e. The summed E-state index contributed by atoms with van der Waals surface area (Å²) in [7, 11) is 0. The Labute approximate surface area is 86.3 Å². The average molecular weight is 189 g/mol. The Balaban J connectivity index is 2.48. The quantitative estimate of drug-likeness (QED) is 0.760. The molecule has 1 atom stereocenters. The van der Waals surface area contributed by atoms with Crippen LogP contribution >= 0.6 is 0 Å². The molecule has 0 aliphatic heterocycles. The van der Waals surface area contributed by atoms with Crippen molar-refractivity contribution in [2.45, 2.75) is 39.0 Å². The molecule has 0 aromatic heterocycles. The molecule has 1 aliphatic rings. The summed E-state index contributed by atoms with van der Waals surface area (Å²) in [5.74, 6) is 0.516. The van der Waals surface area contributed by atoms with Gasteiger partial charge in [-0.05, 0) is 60.9 Å². The molecule has 14 heavy (non-hydrogen) atoms. The third-order valence-corrected chi connectivity index (χ3v) is 3.44. The van der Waals surface area contributed by atoms with Crippen molar-refractivity contribution in [2.24, 2.45) is 5.73 Å². The van der Waals surface area contributed by atoms with Gasteiger partial charge in [-0.15, -0.1) is 0 Å². The molecule has 1 heteroatoms. The molecule has 1 aliphatic carbocycles. The summed E-state index contributed by atoms with van der Waals surface area (Å²) in [5.41, 5.74) is 11.9. The Morgan fingerprint density at radius 3 is 2.71 bits per heavy atom. The van der Waals surface area contributed by atoms with E-state index in [0.717, 1.165) is 6.54 Å². The van der Waals surface area contributed by atoms with Crippen LogP contribution in [0.1, 0.15) is 41.5 Å². The summed E-state index contributed by atoms with van der Waals surface area (Å²) in [4.78, 5) is 0. The van der Waals surface area contributed by atoms with Gasteiger partial charge in [0, 0.05) is 0 Å². The van der Waals surface area contributed by atoms with Crippen molar-refractivity contribution in [3.63, 3.8) is 0 Å². The number of benzene rings is 1. The topological polar surface area (TPSA) is 26.0 Å². The highest BCUT2D eigenvalue weighted by atomic mass is 14.5. The van der Waals surface area contributed by atoms with Gasteiger partial charge in [-0.2, -0.15) is 0 Å². The molecule has 0 amide bonds. The summed E-state index contributed by atoms with van der Waals surface area (Å²) in [5, 5.41) is 0. The molecular formula is C13H19N. The molecule has 1 aromatic carbocycles. The van der Waals surface area contributed by atoms with Crippen LogP contribution in [-0.4, -0.2) is 6.54 Å². The van der Waals surface area contributed by atoms with E-state index >= 15 is 0 Å². The fourth-order valence-electron chi connectivity index (χ4n) is 2.50.